The maximum absolute atomic E-state index is 14.5. The molecule has 0 radical (unpaired) electrons. The van der Waals surface area contributed by atoms with Gasteiger partial charge in [-0.1, -0.05) is 69.9 Å². The number of aliphatic hydroxyl groups excluding tert-OH is 1. The summed E-state index contributed by atoms with van der Waals surface area (Å²) in [6, 6.07) is 22.2. The number of ether oxygens (including phenoxy) is 2. The number of nitrogens with zero attached hydrogens (tertiary/aromatic N) is 5. The summed E-state index contributed by atoms with van der Waals surface area (Å²) >= 11 is 3.67. The number of piperidine rings is 1. The third-order valence-corrected chi connectivity index (χ3v) is 8.16. The molecule has 1 amide bonds. The summed E-state index contributed by atoms with van der Waals surface area (Å²) in [6.45, 7) is 1.98. The lowest BCUT2D eigenvalue weighted by Gasteiger charge is -2.35. The number of carbonyl (C=O) groups is 1. The summed E-state index contributed by atoms with van der Waals surface area (Å²) in [4.78, 5) is 22.6. The first-order chi connectivity index (χ1) is 20.5. The number of hydrazine groups is 1. The van der Waals surface area contributed by atoms with Gasteiger partial charge < -0.3 is 14.6 Å². The van der Waals surface area contributed by atoms with Gasteiger partial charge >= 0.3 is 0 Å². The highest BCUT2D eigenvalue weighted by molar-refractivity contribution is 9.10. The summed E-state index contributed by atoms with van der Waals surface area (Å²) in [5, 5.41) is 14.9. The maximum atomic E-state index is 14.5. The van der Waals surface area contributed by atoms with Crippen molar-refractivity contribution in [1.29, 1.82) is 0 Å². The Bertz CT molecular complexity index is 1470. The molecule has 42 heavy (non-hydrogen) atoms. The molecule has 2 N–H and O–H groups in total. The zero-order valence-corrected chi connectivity index (χ0v) is 24.7. The van der Waals surface area contributed by atoms with Gasteiger partial charge in [-0.15, -0.1) is 0 Å². The Kier molecular flexibility index (Phi) is 9.76. The van der Waals surface area contributed by atoms with Gasteiger partial charge in [0.05, 0.1) is 6.61 Å². The monoisotopic (exact) mass is 632 g/mol. The van der Waals surface area contributed by atoms with Gasteiger partial charge in [-0.2, -0.15) is 0 Å². The molecule has 5 rings (SSSR count). The lowest BCUT2D eigenvalue weighted by atomic mass is 9.81. The van der Waals surface area contributed by atoms with E-state index in [1.807, 2.05) is 65.7 Å². The molecular formula is C31H33BrN6O4. The first kappa shape index (κ1) is 29.6. The molecule has 218 valence electrons. The Morgan fingerprint density at radius 2 is 1.86 bits per heavy atom. The Morgan fingerprint density at radius 1 is 1.12 bits per heavy atom. The van der Waals surface area contributed by atoms with Crippen LogP contribution in [-0.4, -0.2) is 53.8 Å². The van der Waals surface area contributed by atoms with E-state index in [-0.39, 0.29) is 18.9 Å². The Morgan fingerprint density at radius 3 is 2.60 bits per heavy atom. The van der Waals surface area contributed by atoms with Crippen molar-refractivity contribution < 1.29 is 19.4 Å². The third-order valence-electron chi connectivity index (χ3n) is 7.44. The number of hydrogen-bond donors (Lipinski definition) is 2. The summed E-state index contributed by atoms with van der Waals surface area (Å²) in [6.07, 6.45) is 3.02. The van der Waals surface area contributed by atoms with Crippen LogP contribution in [0.5, 0.6) is 5.75 Å². The fourth-order valence-electron chi connectivity index (χ4n) is 5.29. The molecule has 3 aromatic rings. The van der Waals surface area contributed by atoms with Crippen molar-refractivity contribution >= 4 is 33.4 Å². The molecule has 0 bridgehead atoms. The Hall–Kier alpha value is -3.89. The van der Waals surface area contributed by atoms with Crippen LogP contribution in [0.15, 0.2) is 87.4 Å². The highest BCUT2D eigenvalue weighted by Gasteiger charge is 2.54. The number of benzene rings is 3. The van der Waals surface area contributed by atoms with Crippen LogP contribution >= 0.6 is 15.9 Å². The normalized spacial score (nSPS) is 20.2. The summed E-state index contributed by atoms with van der Waals surface area (Å²) in [5.41, 5.74) is 13.5. The van der Waals surface area contributed by atoms with E-state index in [0.29, 0.717) is 41.5 Å². The number of rotatable bonds is 11. The van der Waals surface area contributed by atoms with E-state index in [4.69, 9.17) is 19.6 Å². The van der Waals surface area contributed by atoms with E-state index in [2.05, 4.69) is 31.4 Å². The maximum Gasteiger partial charge on any atom is 0.266 e. The van der Waals surface area contributed by atoms with Gasteiger partial charge in [0.2, 0.25) is 5.90 Å². The predicted molar refractivity (Wildman–Crippen MR) is 163 cm³/mol. The van der Waals surface area contributed by atoms with Crippen LogP contribution < -0.4 is 10.2 Å². The van der Waals surface area contributed by atoms with E-state index in [1.165, 1.54) is 0 Å². The number of hydrogen-bond acceptors (Lipinski definition) is 7. The highest BCUT2D eigenvalue weighted by atomic mass is 79.9. The first-order valence-corrected chi connectivity index (χ1v) is 14.9. The standard InChI is InChI=1S/C31H33BrN6O4/c32-26-11-4-3-10-25(26)28-31(30(40)36-38-17-6-1-7-18-38,21-23-9-2-5-12-27(23)35-37-33)34-29(42-28)22-13-15-24(16-14-22)41-20-8-19-39/h2-5,9-16,28,39H,1,6-8,17-21H2,(H,36,40)/t28-,31-/m0/s1. The zero-order valence-electron chi connectivity index (χ0n) is 23.2. The minimum Gasteiger partial charge on any atom is -0.494 e. The topological polar surface area (TPSA) is 132 Å². The molecule has 3 aromatic carbocycles. The van der Waals surface area contributed by atoms with Crippen molar-refractivity contribution in [1.82, 2.24) is 10.4 Å². The summed E-state index contributed by atoms with van der Waals surface area (Å²) < 4.78 is 13.1. The van der Waals surface area contributed by atoms with Crippen LogP contribution in [0, 0.1) is 0 Å². The van der Waals surface area contributed by atoms with Crippen molar-refractivity contribution in [3.63, 3.8) is 0 Å². The molecule has 0 spiro atoms. The van der Waals surface area contributed by atoms with E-state index in [0.717, 1.165) is 42.4 Å². The minimum absolute atomic E-state index is 0.0591. The number of azide groups is 1. The molecule has 0 aliphatic carbocycles. The van der Waals surface area contributed by atoms with E-state index in [9.17, 15) is 10.3 Å². The Labute approximate surface area is 253 Å². The van der Waals surface area contributed by atoms with Crippen molar-refractivity contribution in [2.75, 3.05) is 26.3 Å². The van der Waals surface area contributed by atoms with Crippen LogP contribution in [-0.2, 0) is 16.0 Å². The average Bonchev–Trinajstić information content (AvgIpc) is 3.40. The van der Waals surface area contributed by atoms with Gasteiger partial charge in [0.1, 0.15) is 5.75 Å². The molecular weight excluding hydrogens is 600 g/mol. The average molecular weight is 634 g/mol. The van der Waals surface area contributed by atoms with Gasteiger partial charge in [0, 0.05) is 58.7 Å². The molecule has 2 heterocycles. The van der Waals surface area contributed by atoms with Crippen molar-refractivity contribution in [2.24, 2.45) is 10.1 Å². The molecule has 10 nitrogen and oxygen atoms in total. The summed E-state index contributed by atoms with van der Waals surface area (Å²) in [5.74, 6) is 0.693. The Balaban J connectivity index is 1.60. The lowest BCUT2D eigenvalue weighted by molar-refractivity contribution is -0.134. The third kappa shape index (κ3) is 6.60. The van der Waals surface area contributed by atoms with Gasteiger partial charge in [0.15, 0.2) is 11.6 Å². The fourth-order valence-corrected chi connectivity index (χ4v) is 5.78. The van der Waals surface area contributed by atoms with Gasteiger partial charge in [0.25, 0.3) is 5.91 Å². The van der Waals surface area contributed by atoms with Crippen LogP contribution in [0.1, 0.15) is 48.5 Å². The molecule has 1 fully saturated rings. The van der Waals surface area contributed by atoms with Crippen LogP contribution in [0.25, 0.3) is 10.4 Å². The minimum atomic E-state index is -1.42. The molecule has 2 aliphatic heterocycles. The number of nitrogens with one attached hydrogen (secondary N) is 1. The van der Waals surface area contributed by atoms with Crippen molar-refractivity contribution in [2.45, 2.75) is 43.7 Å². The van der Waals surface area contributed by atoms with Crippen LogP contribution in [0.2, 0.25) is 0 Å². The van der Waals surface area contributed by atoms with Crippen molar-refractivity contribution in [3.05, 3.63) is 104 Å². The van der Waals surface area contributed by atoms with Gasteiger partial charge in [-0.3, -0.25) is 10.2 Å². The molecule has 0 unspecified atom stereocenters. The second-order valence-corrected chi connectivity index (χ2v) is 11.1. The van der Waals surface area contributed by atoms with E-state index >= 15 is 0 Å². The van der Waals surface area contributed by atoms with Gasteiger partial charge in [-0.05, 0) is 54.3 Å². The highest BCUT2D eigenvalue weighted by Crippen LogP contribution is 2.45. The molecule has 0 saturated carbocycles. The number of halogens is 1. The SMILES string of the molecule is [N-]=[N+]=Nc1ccccc1C[C@]1(C(=O)NN2CCCCC2)N=C(c2ccc(OCCCO)cc2)O[C@H]1c1ccccc1Br. The van der Waals surface area contributed by atoms with E-state index < -0.39 is 11.6 Å². The zero-order chi connectivity index (χ0) is 29.4. The summed E-state index contributed by atoms with van der Waals surface area (Å²) in [7, 11) is 0. The van der Waals surface area contributed by atoms with Crippen molar-refractivity contribution in [3.8, 4) is 5.75 Å². The second-order valence-electron chi connectivity index (χ2n) is 10.3. The first-order valence-electron chi connectivity index (χ1n) is 14.1. The number of amides is 1. The number of aliphatic imine (C=N–C) groups is 1. The second kappa shape index (κ2) is 13.8. The van der Waals surface area contributed by atoms with E-state index in [1.54, 1.807) is 12.1 Å². The van der Waals surface area contributed by atoms with Gasteiger partial charge in [-0.25, -0.2) is 10.0 Å². The molecule has 0 aromatic heterocycles. The fraction of sp³-hybridized carbons (Fsp3) is 0.355. The lowest BCUT2D eigenvalue weighted by Crippen LogP contribution is -2.56. The quantitative estimate of drug-likeness (QED) is 0.113. The molecule has 1 saturated heterocycles. The largest absolute Gasteiger partial charge is 0.494 e. The molecule has 2 atom stereocenters. The molecule has 11 heteroatoms. The smallest absolute Gasteiger partial charge is 0.266 e. The van der Waals surface area contributed by atoms with Crippen LogP contribution in [0.3, 0.4) is 0 Å². The number of carbonyl (C=O) groups excluding carboxylic acids is 1. The predicted octanol–water partition coefficient (Wildman–Crippen LogP) is 6.17. The number of aliphatic hydroxyl groups is 1. The van der Waals surface area contributed by atoms with Crippen LogP contribution in [0.4, 0.5) is 5.69 Å². The molecule has 2 aliphatic rings.